The lowest BCUT2D eigenvalue weighted by Crippen LogP contribution is -2.71. The fourth-order valence-corrected chi connectivity index (χ4v) is 1.33. The number of carbonyl (C=O) groups excluding carboxylic acids is 1. The molecule has 144 valence electrons. The molecule has 0 aliphatic carbocycles. The molecule has 1 unspecified atom stereocenters. The number of carbonyl (C=O) groups is 1. The van der Waals surface area contributed by atoms with Crippen molar-refractivity contribution in [1.82, 2.24) is 0 Å². The van der Waals surface area contributed by atoms with E-state index in [0.717, 1.165) is 0 Å². The van der Waals surface area contributed by atoms with Crippen LogP contribution in [-0.2, 0) is 4.79 Å². The number of amides is 1. The van der Waals surface area contributed by atoms with Crippen LogP contribution in [0, 0.1) is 0 Å². The Balaban J connectivity index is 6.11. The second-order valence-electron chi connectivity index (χ2n) is 4.55. The van der Waals surface area contributed by atoms with Crippen molar-refractivity contribution >= 4 is 5.91 Å². The first-order chi connectivity index (χ1) is 10.3. The molecule has 0 radical (unpaired) electrons. The lowest BCUT2D eigenvalue weighted by molar-refractivity contribution is -0.414. The molecule has 15 heteroatoms. The zero-order chi connectivity index (χ0) is 19.9. The summed E-state index contributed by atoms with van der Waals surface area (Å²) >= 11 is 0. The highest BCUT2D eigenvalue weighted by atomic mass is 19.4. The topological polar surface area (TPSA) is 69.1 Å². The number of primary amides is 1. The van der Waals surface area contributed by atoms with Gasteiger partial charge in [-0.3, -0.25) is 4.79 Å². The van der Waals surface area contributed by atoms with Crippen LogP contribution in [-0.4, -0.2) is 48.0 Å². The number of alkyl halides is 12. The van der Waals surface area contributed by atoms with Gasteiger partial charge in [0.15, 0.2) is 0 Å². The summed E-state index contributed by atoms with van der Waals surface area (Å²) < 4.78 is 153. The highest BCUT2D eigenvalue weighted by molar-refractivity contribution is 5.74. The van der Waals surface area contributed by atoms with E-state index < -0.39 is 54.4 Å². The molecule has 0 aliphatic rings. The molecule has 0 aliphatic heterocycles. The maximum absolute atomic E-state index is 13.2. The molecule has 1 amide bonds. The molecule has 0 saturated heterocycles. The maximum Gasteiger partial charge on any atom is 0.384 e. The van der Waals surface area contributed by atoms with Gasteiger partial charge < -0.3 is 11.5 Å². The molecular formula is C9H8F12N2O. The van der Waals surface area contributed by atoms with Gasteiger partial charge in [0, 0.05) is 6.42 Å². The first-order valence-corrected chi connectivity index (χ1v) is 5.49. The number of hydrogen-bond acceptors (Lipinski definition) is 2. The van der Waals surface area contributed by atoms with E-state index in [9.17, 15) is 57.5 Å². The van der Waals surface area contributed by atoms with Crippen LogP contribution in [0.15, 0.2) is 0 Å². The molecule has 0 fully saturated rings. The number of halogens is 12. The lowest BCUT2D eigenvalue weighted by Gasteiger charge is -2.40. The van der Waals surface area contributed by atoms with Gasteiger partial charge in [0.1, 0.15) is 0 Å². The Labute approximate surface area is 124 Å². The van der Waals surface area contributed by atoms with Crippen molar-refractivity contribution in [1.29, 1.82) is 0 Å². The van der Waals surface area contributed by atoms with E-state index in [1.807, 2.05) is 0 Å². The van der Waals surface area contributed by atoms with Crippen molar-refractivity contribution in [2.45, 2.75) is 48.5 Å². The molecule has 0 saturated carbocycles. The van der Waals surface area contributed by atoms with Gasteiger partial charge >= 0.3 is 36.0 Å². The summed E-state index contributed by atoms with van der Waals surface area (Å²) in [4.78, 5) is 10.3. The second kappa shape index (κ2) is 6.15. The lowest BCUT2D eigenvalue weighted by atomic mass is 9.90. The van der Waals surface area contributed by atoms with Gasteiger partial charge in [0.05, 0.1) is 6.04 Å². The van der Waals surface area contributed by atoms with E-state index in [2.05, 4.69) is 11.5 Å². The Morgan fingerprint density at radius 1 is 0.750 bits per heavy atom. The summed E-state index contributed by atoms with van der Waals surface area (Å²) in [6.45, 7) is 0. The van der Waals surface area contributed by atoms with Crippen molar-refractivity contribution in [3.63, 3.8) is 0 Å². The van der Waals surface area contributed by atoms with Crippen LogP contribution < -0.4 is 11.5 Å². The SMILES string of the molecule is NC(=O)CC(N)C(F)(F)C(F)(F)C(F)(F)C(F)(F)C(F)(F)C(F)F. The standard InChI is InChI=1S/C9H8F12N2O/c10-4(11)6(14,15)8(18,19)9(20,21)7(16,17)5(12,13)2(22)1-3(23)24/h2,4H,1,22H2,(H2,23,24). The monoisotopic (exact) mass is 388 g/mol. The third-order valence-electron chi connectivity index (χ3n) is 2.79. The van der Waals surface area contributed by atoms with Gasteiger partial charge in [0.2, 0.25) is 5.91 Å². The van der Waals surface area contributed by atoms with Crippen molar-refractivity contribution in [3.05, 3.63) is 0 Å². The molecule has 0 spiro atoms. The zero-order valence-electron chi connectivity index (χ0n) is 11.0. The molecule has 0 aromatic heterocycles. The van der Waals surface area contributed by atoms with Crippen LogP contribution in [0.5, 0.6) is 0 Å². The highest BCUT2D eigenvalue weighted by Gasteiger charge is 2.88. The molecule has 4 N–H and O–H groups in total. The van der Waals surface area contributed by atoms with E-state index in [4.69, 9.17) is 0 Å². The zero-order valence-corrected chi connectivity index (χ0v) is 11.0. The average Bonchev–Trinajstić information content (AvgIpc) is 2.36. The fourth-order valence-electron chi connectivity index (χ4n) is 1.33. The Bertz CT molecular complexity index is 477. The third kappa shape index (κ3) is 3.09. The van der Waals surface area contributed by atoms with Crippen LogP contribution in [0.2, 0.25) is 0 Å². The van der Waals surface area contributed by atoms with Crippen LogP contribution in [0.3, 0.4) is 0 Å². The molecule has 1 atom stereocenters. The summed E-state index contributed by atoms with van der Waals surface area (Å²) in [5, 5.41) is 0. The highest BCUT2D eigenvalue weighted by Crippen LogP contribution is 2.58. The first-order valence-electron chi connectivity index (χ1n) is 5.49. The van der Waals surface area contributed by atoms with E-state index in [0.29, 0.717) is 0 Å². The molecule has 24 heavy (non-hydrogen) atoms. The van der Waals surface area contributed by atoms with E-state index in [1.54, 1.807) is 0 Å². The molecular weight excluding hydrogens is 380 g/mol. The Morgan fingerprint density at radius 3 is 1.38 bits per heavy atom. The molecule has 0 heterocycles. The fraction of sp³-hybridized carbons (Fsp3) is 0.889. The van der Waals surface area contributed by atoms with Crippen LogP contribution in [0.25, 0.3) is 0 Å². The van der Waals surface area contributed by atoms with Crippen molar-refractivity contribution in [2.75, 3.05) is 0 Å². The summed E-state index contributed by atoms with van der Waals surface area (Å²) in [6, 6.07) is -3.59. The van der Waals surface area contributed by atoms with Gasteiger partial charge in [-0.1, -0.05) is 0 Å². The molecule has 0 aromatic carbocycles. The number of nitrogens with two attached hydrogens (primary N) is 2. The largest absolute Gasteiger partial charge is 0.384 e. The first kappa shape index (κ1) is 22.6. The Kier molecular flexibility index (Phi) is 5.79. The predicted octanol–water partition coefficient (Wildman–Crippen LogP) is 2.63. The molecule has 0 bridgehead atoms. The van der Waals surface area contributed by atoms with E-state index in [1.165, 1.54) is 0 Å². The number of rotatable bonds is 8. The smallest absolute Gasteiger partial charge is 0.370 e. The third-order valence-corrected chi connectivity index (χ3v) is 2.79. The van der Waals surface area contributed by atoms with E-state index >= 15 is 0 Å². The van der Waals surface area contributed by atoms with Crippen LogP contribution in [0.1, 0.15) is 6.42 Å². The van der Waals surface area contributed by atoms with Crippen LogP contribution >= 0.6 is 0 Å². The maximum atomic E-state index is 13.2. The van der Waals surface area contributed by atoms with Crippen LogP contribution in [0.4, 0.5) is 52.7 Å². The van der Waals surface area contributed by atoms with Gasteiger partial charge in [-0.2, -0.15) is 43.9 Å². The van der Waals surface area contributed by atoms with Gasteiger partial charge in [0.25, 0.3) is 0 Å². The van der Waals surface area contributed by atoms with Gasteiger partial charge in [-0.05, 0) is 0 Å². The van der Waals surface area contributed by atoms with Gasteiger partial charge in [-0.15, -0.1) is 0 Å². The minimum absolute atomic E-state index is 1.84. The summed E-state index contributed by atoms with van der Waals surface area (Å²) in [5.74, 6) is -37.9. The summed E-state index contributed by atoms with van der Waals surface area (Å²) in [7, 11) is 0. The molecule has 3 nitrogen and oxygen atoms in total. The normalized spacial score (nSPS) is 16.4. The Hall–Kier alpha value is -1.41. The van der Waals surface area contributed by atoms with Crippen molar-refractivity contribution < 1.29 is 57.5 Å². The second-order valence-corrected chi connectivity index (χ2v) is 4.55. The molecule has 0 aromatic rings. The summed E-state index contributed by atoms with van der Waals surface area (Å²) in [5.41, 5.74) is 8.59. The van der Waals surface area contributed by atoms with Crippen molar-refractivity contribution in [3.8, 4) is 0 Å². The summed E-state index contributed by atoms with van der Waals surface area (Å²) in [6.07, 6.45) is -7.50. The average molecular weight is 388 g/mol. The van der Waals surface area contributed by atoms with Gasteiger partial charge in [-0.25, -0.2) is 8.78 Å². The predicted molar refractivity (Wildman–Crippen MR) is 52.5 cm³/mol. The quantitative estimate of drug-likeness (QED) is 0.628. The minimum atomic E-state index is -7.67. The van der Waals surface area contributed by atoms with Crippen molar-refractivity contribution in [2.24, 2.45) is 11.5 Å². The number of hydrogen-bond donors (Lipinski definition) is 2. The Morgan fingerprint density at radius 2 is 1.08 bits per heavy atom. The minimum Gasteiger partial charge on any atom is -0.370 e. The molecule has 0 rings (SSSR count). The van der Waals surface area contributed by atoms with E-state index in [-0.39, 0.29) is 0 Å².